The predicted octanol–water partition coefficient (Wildman–Crippen LogP) is 2.53. The third-order valence-corrected chi connectivity index (χ3v) is 1.99. The fraction of sp³-hybridized carbons (Fsp3) is 0.400. The molecule has 1 rings (SSSR count). The molecule has 0 aliphatic heterocycles. The first-order valence-electron chi connectivity index (χ1n) is 3.90. The van der Waals surface area contributed by atoms with E-state index >= 15 is 0 Å². The van der Waals surface area contributed by atoms with Crippen LogP contribution in [0.25, 0.3) is 0 Å². The summed E-state index contributed by atoms with van der Waals surface area (Å²) >= 11 is 0. The van der Waals surface area contributed by atoms with Crippen LogP contribution in [0.4, 0.5) is 4.39 Å². The minimum Gasteiger partial charge on any atom is -0.236 e. The Hall–Kier alpha value is -0.890. The molecule has 0 amide bonds. The van der Waals surface area contributed by atoms with Gasteiger partial charge in [-0.25, -0.2) is 9.50 Å². The maximum absolute atomic E-state index is 12.5. The van der Waals surface area contributed by atoms with E-state index in [1.54, 1.807) is 12.1 Å². The Balaban J connectivity index is 2.96. The van der Waals surface area contributed by atoms with Gasteiger partial charge in [0.2, 0.25) is 0 Å². The van der Waals surface area contributed by atoms with Crippen molar-refractivity contribution in [3.8, 4) is 0 Å². The Labute approximate surface area is 71.9 Å². The summed E-state index contributed by atoms with van der Waals surface area (Å²) in [7, 11) is 0. The maximum atomic E-state index is 12.5. The average molecular weight is 167 g/mol. The summed E-state index contributed by atoms with van der Waals surface area (Å²) in [4.78, 5) is 0. The molecule has 0 atom stereocenters. The summed E-state index contributed by atoms with van der Waals surface area (Å²) in [6, 6.07) is 6.08. The van der Waals surface area contributed by atoms with Gasteiger partial charge in [-0.15, -0.1) is 0 Å². The van der Waals surface area contributed by atoms with Gasteiger partial charge >= 0.3 is 0 Å². The van der Waals surface area contributed by atoms with Gasteiger partial charge < -0.3 is 0 Å². The lowest BCUT2D eigenvalue weighted by molar-refractivity contribution is 0.137. The molecule has 1 aromatic rings. The average Bonchev–Trinajstić information content (AvgIpc) is 2.05. The molecule has 0 spiro atoms. The van der Waals surface area contributed by atoms with Crippen LogP contribution in [0.3, 0.4) is 0 Å². The number of hydrogen-bond acceptors (Lipinski definition) is 0. The molecule has 0 fully saturated rings. The monoisotopic (exact) mass is 167 g/mol. The van der Waals surface area contributed by atoms with E-state index in [1.807, 2.05) is 13.8 Å². The van der Waals surface area contributed by atoms with Crippen LogP contribution in [0.5, 0.6) is 0 Å². The van der Waals surface area contributed by atoms with Crippen LogP contribution in [0.1, 0.15) is 19.4 Å². The molecule has 0 aliphatic carbocycles. The number of benzene rings is 1. The highest BCUT2D eigenvalue weighted by atomic mass is 19.1. The Bertz CT molecular complexity index is 251. The second-order valence-electron chi connectivity index (χ2n) is 3.54. The van der Waals surface area contributed by atoms with Crippen molar-refractivity contribution in [2.45, 2.75) is 19.3 Å². The fourth-order valence-corrected chi connectivity index (χ4v) is 0.984. The van der Waals surface area contributed by atoms with Crippen molar-refractivity contribution in [1.82, 2.24) is 0 Å². The first-order valence-corrected chi connectivity index (χ1v) is 3.90. The van der Waals surface area contributed by atoms with Crippen LogP contribution in [0.2, 0.25) is 0 Å². The van der Waals surface area contributed by atoms with Crippen molar-refractivity contribution < 1.29 is 9.50 Å². The van der Waals surface area contributed by atoms with Gasteiger partial charge in [0.15, 0.2) is 0 Å². The van der Waals surface area contributed by atoms with Gasteiger partial charge in [0, 0.05) is 5.41 Å². The highest BCUT2D eigenvalue weighted by Crippen LogP contribution is 2.22. The minimum absolute atomic E-state index is 0.182. The second kappa shape index (κ2) is 3.23. The Morgan fingerprint density at radius 3 is 2.17 bits per heavy atom. The summed E-state index contributed by atoms with van der Waals surface area (Å²) in [6.07, 6.45) is 0. The van der Waals surface area contributed by atoms with Crippen molar-refractivity contribution in [3.05, 3.63) is 35.6 Å². The number of halogens is 1. The summed E-state index contributed by atoms with van der Waals surface area (Å²) in [6.45, 7) is 3.53. The van der Waals surface area contributed by atoms with Crippen molar-refractivity contribution in [3.63, 3.8) is 0 Å². The van der Waals surface area contributed by atoms with Gasteiger partial charge in [-0.2, -0.15) is 0 Å². The molecule has 1 aromatic carbocycles. The SMILES string of the molecule is CC(C)(C[O])c1ccc(F)cc1. The molecule has 0 heterocycles. The summed E-state index contributed by atoms with van der Waals surface area (Å²) in [5.74, 6) is -0.263. The summed E-state index contributed by atoms with van der Waals surface area (Å²) in [5, 5.41) is 10.7. The summed E-state index contributed by atoms with van der Waals surface area (Å²) in [5.41, 5.74) is 0.493. The molecule has 0 bridgehead atoms. The molecule has 2 heteroatoms. The van der Waals surface area contributed by atoms with Crippen LogP contribution in [-0.4, -0.2) is 6.61 Å². The van der Waals surface area contributed by atoms with Crippen LogP contribution in [0.15, 0.2) is 24.3 Å². The smallest absolute Gasteiger partial charge is 0.123 e. The van der Waals surface area contributed by atoms with E-state index in [9.17, 15) is 9.50 Å². The van der Waals surface area contributed by atoms with Crippen molar-refractivity contribution in [1.29, 1.82) is 0 Å². The van der Waals surface area contributed by atoms with E-state index in [-0.39, 0.29) is 12.4 Å². The minimum atomic E-state index is -0.395. The molecular formula is C10H12FO. The molecule has 12 heavy (non-hydrogen) atoms. The van der Waals surface area contributed by atoms with Crippen LogP contribution < -0.4 is 0 Å². The van der Waals surface area contributed by atoms with Crippen molar-refractivity contribution in [2.24, 2.45) is 0 Å². The first-order chi connectivity index (χ1) is 5.56. The normalized spacial score (nSPS) is 11.7. The molecule has 0 unspecified atom stereocenters. The fourth-order valence-electron chi connectivity index (χ4n) is 0.984. The zero-order valence-corrected chi connectivity index (χ0v) is 7.30. The lowest BCUT2D eigenvalue weighted by Crippen LogP contribution is -2.20. The van der Waals surface area contributed by atoms with Gasteiger partial charge in [0.25, 0.3) is 0 Å². The first kappa shape index (κ1) is 9.20. The molecule has 0 aliphatic rings. The molecule has 0 saturated heterocycles. The van der Waals surface area contributed by atoms with E-state index in [1.165, 1.54) is 12.1 Å². The van der Waals surface area contributed by atoms with Gasteiger partial charge in [-0.1, -0.05) is 26.0 Å². The van der Waals surface area contributed by atoms with E-state index in [2.05, 4.69) is 0 Å². The molecule has 65 valence electrons. The zero-order chi connectivity index (χ0) is 9.19. The van der Waals surface area contributed by atoms with Gasteiger partial charge in [0.05, 0.1) is 6.61 Å². The quantitative estimate of drug-likeness (QED) is 0.645. The third kappa shape index (κ3) is 1.83. The topological polar surface area (TPSA) is 19.9 Å². The van der Waals surface area contributed by atoms with Gasteiger partial charge in [-0.3, -0.25) is 0 Å². The molecular weight excluding hydrogens is 155 g/mol. The maximum Gasteiger partial charge on any atom is 0.123 e. The lowest BCUT2D eigenvalue weighted by atomic mass is 9.86. The zero-order valence-electron chi connectivity index (χ0n) is 7.30. The van der Waals surface area contributed by atoms with E-state index in [4.69, 9.17) is 0 Å². The van der Waals surface area contributed by atoms with Crippen molar-refractivity contribution >= 4 is 0 Å². The van der Waals surface area contributed by atoms with E-state index in [0.717, 1.165) is 5.56 Å². The second-order valence-corrected chi connectivity index (χ2v) is 3.54. The molecule has 0 saturated carbocycles. The number of rotatable bonds is 2. The van der Waals surface area contributed by atoms with Gasteiger partial charge in [0.1, 0.15) is 5.82 Å². The summed E-state index contributed by atoms with van der Waals surface area (Å²) < 4.78 is 12.5. The van der Waals surface area contributed by atoms with Crippen LogP contribution >= 0.6 is 0 Å². The van der Waals surface area contributed by atoms with E-state index < -0.39 is 5.41 Å². The van der Waals surface area contributed by atoms with Crippen molar-refractivity contribution in [2.75, 3.05) is 6.61 Å². The molecule has 1 nitrogen and oxygen atoms in total. The Morgan fingerprint density at radius 2 is 1.75 bits per heavy atom. The Kier molecular flexibility index (Phi) is 2.48. The molecule has 0 aromatic heterocycles. The number of hydrogen-bond donors (Lipinski definition) is 0. The third-order valence-electron chi connectivity index (χ3n) is 1.99. The van der Waals surface area contributed by atoms with E-state index in [0.29, 0.717) is 0 Å². The highest BCUT2D eigenvalue weighted by Gasteiger charge is 2.19. The molecule has 0 N–H and O–H groups in total. The standard InChI is InChI=1S/C10H12FO/c1-10(2,7-12)8-3-5-9(11)6-4-8/h3-6H,7H2,1-2H3. The molecule has 1 radical (unpaired) electrons. The highest BCUT2D eigenvalue weighted by molar-refractivity contribution is 5.24. The lowest BCUT2D eigenvalue weighted by Gasteiger charge is -2.20. The Morgan fingerprint density at radius 1 is 1.25 bits per heavy atom. The van der Waals surface area contributed by atoms with Crippen LogP contribution in [0, 0.1) is 5.82 Å². The van der Waals surface area contributed by atoms with Crippen LogP contribution in [-0.2, 0) is 10.5 Å². The van der Waals surface area contributed by atoms with Gasteiger partial charge in [-0.05, 0) is 17.7 Å². The predicted molar refractivity (Wildman–Crippen MR) is 45.0 cm³/mol. The largest absolute Gasteiger partial charge is 0.236 e.